The van der Waals surface area contributed by atoms with E-state index in [4.69, 9.17) is 11.6 Å². The molecule has 0 spiro atoms. The van der Waals surface area contributed by atoms with Crippen LogP contribution in [0, 0.1) is 0 Å². The summed E-state index contributed by atoms with van der Waals surface area (Å²) in [7, 11) is 0. The van der Waals surface area contributed by atoms with Crippen LogP contribution in [0.25, 0.3) is 0 Å². The van der Waals surface area contributed by atoms with Gasteiger partial charge in [0.25, 0.3) is 5.91 Å². The lowest BCUT2D eigenvalue weighted by Crippen LogP contribution is -2.48. The van der Waals surface area contributed by atoms with E-state index in [0.29, 0.717) is 25.1 Å². The number of rotatable bonds is 4. The third-order valence-corrected chi connectivity index (χ3v) is 5.67. The number of piperazine rings is 1. The highest BCUT2D eigenvalue weighted by Gasteiger charge is 2.25. The number of anilines is 1. The summed E-state index contributed by atoms with van der Waals surface area (Å²) in [5.74, 6) is 0.176. The van der Waals surface area contributed by atoms with E-state index in [1.165, 1.54) is 5.56 Å². The first-order chi connectivity index (χ1) is 13.6. The first kappa shape index (κ1) is 19.0. The Bertz CT molecular complexity index is 878. The van der Waals surface area contributed by atoms with Gasteiger partial charge in [0.1, 0.15) is 0 Å². The zero-order chi connectivity index (χ0) is 19.5. The summed E-state index contributed by atoms with van der Waals surface area (Å²) in [5.41, 5.74) is 2.67. The molecule has 0 radical (unpaired) electrons. The molecule has 0 saturated carbocycles. The molecule has 0 bridgehead atoms. The maximum Gasteiger partial charge on any atom is 0.254 e. The van der Waals surface area contributed by atoms with Gasteiger partial charge in [0, 0.05) is 62.0 Å². The highest BCUT2D eigenvalue weighted by Crippen LogP contribution is 2.23. The van der Waals surface area contributed by atoms with Gasteiger partial charge < -0.3 is 9.80 Å². The van der Waals surface area contributed by atoms with Gasteiger partial charge in [-0.3, -0.25) is 14.5 Å². The molecule has 2 aliphatic heterocycles. The lowest BCUT2D eigenvalue weighted by molar-refractivity contribution is -0.117. The van der Waals surface area contributed by atoms with Crippen molar-refractivity contribution in [2.75, 3.05) is 37.6 Å². The fourth-order valence-corrected chi connectivity index (χ4v) is 4.13. The molecule has 0 N–H and O–H groups in total. The van der Waals surface area contributed by atoms with Gasteiger partial charge in [-0.05, 0) is 42.3 Å². The number of amides is 2. The molecular weight excluding hydrogens is 374 g/mol. The molecule has 2 aliphatic rings. The third-order valence-electron chi connectivity index (χ3n) is 5.43. The van der Waals surface area contributed by atoms with Crippen LogP contribution in [0.2, 0.25) is 5.02 Å². The monoisotopic (exact) mass is 397 g/mol. The Balaban J connectivity index is 1.37. The van der Waals surface area contributed by atoms with Crippen molar-refractivity contribution in [1.82, 2.24) is 9.80 Å². The molecule has 4 rings (SSSR count). The van der Waals surface area contributed by atoms with Crippen molar-refractivity contribution < 1.29 is 9.59 Å². The minimum atomic E-state index is 0.0379. The molecule has 146 valence electrons. The van der Waals surface area contributed by atoms with Crippen LogP contribution in [0.3, 0.4) is 0 Å². The summed E-state index contributed by atoms with van der Waals surface area (Å²) in [6.45, 7) is 4.65. The van der Waals surface area contributed by atoms with Crippen LogP contribution in [0.4, 0.5) is 5.69 Å². The smallest absolute Gasteiger partial charge is 0.254 e. The number of halogens is 1. The topological polar surface area (TPSA) is 43.9 Å². The van der Waals surface area contributed by atoms with Crippen molar-refractivity contribution >= 4 is 29.1 Å². The standard InChI is InChI=1S/C22H24ClN3O2/c23-19-6-1-4-17(14-19)16-24-10-12-25(13-11-24)22(28)18-5-2-7-20(15-18)26-9-3-8-21(26)27/h1-2,4-7,14-15H,3,8-13,16H2. The van der Waals surface area contributed by atoms with Crippen molar-refractivity contribution in [2.45, 2.75) is 19.4 Å². The molecule has 2 aromatic carbocycles. The Labute approximate surface area is 170 Å². The van der Waals surface area contributed by atoms with Gasteiger partial charge in [-0.25, -0.2) is 0 Å². The highest BCUT2D eigenvalue weighted by atomic mass is 35.5. The van der Waals surface area contributed by atoms with Crippen LogP contribution in [-0.4, -0.2) is 54.3 Å². The van der Waals surface area contributed by atoms with E-state index in [1.807, 2.05) is 47.4 Å². The number of nitrogens with zero attached hydrogens (tertiary/aromatic N) is 3. The van der Waals surface area contributed by atoms with Crippen LogP contribution >= 0.6 is 11.6 Å². The van der Waals surface area contributed by atoms with E-state index in [0.717, 1.165) is 43.3 Å². The van der Waals surface area contributed by atoms with Crippen molar-refractivity contribution in [3.63, 3.8) is 0 Å². The van der Waals surface area contributed by atoms with Gasteiger partial charge in [-0.1, -0.05) is 29.8 Å². The van der Waals surface area contributed by atoms with Gasteiger partial charge in [0.2, 0.25) is 5.91 Å². The Morgan fingerprint density at radius 3 is 2.46 bits per heavy atom. The van der Waals surface area contributed by atoms with Crippen molar-refractivity contribution in [3.8, 4) is 0 Å². The maximum atomic E-state index is 12.9. The number of hydrogen-bond donors (Lipinski definition) is 0. The van der Waals surface area contributed by atoms with Crippen LogP contribution in [0.1, 0.15) is 28.8 Å². The Morgan fingerprint density at radius 2 is 1.75 bits per heavy atom. The van der Waals surface area contributed by atoms with Crippen molar-refractivity contribution in [3.05, 3.63) is 64.7 Å². The first-order valence-electron chi connectivity index (χ1n) is 9.77. The SMILES string of the molecule is O=C(c1cccc(N2CCCC2=O)c1)N1CCN(Cc2cccc(Cl)c2)CC1. The van der Waals surface area contributed by atoms with E-state index >= 15 is 0 Å². The molecular formula is C22H24ClN3O2. The minimum Gasteiger partial charge on any atom is -0.336 e. The number of hydrogen-bond acceptors (Lipinski definition) is 3. The molecule has 2 amide bonds. The van der Waals surface area contributed by atoms with E-state index in [-0.39, 0.29) is 11.8 Å². The molecule has 6 heteroatoms. The van der Waals surface area contributed by atoms with Crippen molar-refractivity contribution in [2.24, 2.45) is 0 Å². The van der Waals surface area contributed by atoms with Gasteiger partial charge >= 0.3 is 0 Å². The van der Waals surface area contributed by atoms with Crippen LogP contribution in [0.5, 0.6) is 0 Å². The molecule has 5 nitrogen and oxygen atoms in total. The van der Waals surface area contributed by atoms with Gasteiger partial charge in [0.15, 0.2) is 0 Å². The summed E-state index contributed by atoms with van der Waals surface area (Å²) in [6, 6.07) is 15.4. The van der Waals surface area contributed by atoms with Crippen LogP contribution in [0.15, 0.2) is 48.5 Å². The van der Waals surface area contributed by atoms with Gasteiger partial charge in [-0.2, -0.15) is 0 Å². The van der Waals surface area contributed by atoms with Crippen LogP contribution in [-0.2, 0) is 11.3 Å². The minimum absolute atomic E-state index is 0.0379. The Hall–Kier alpha value is -2.37. The molecule has 28 heavy (non-hydrogen) atoms. The second kappa shape index (κ2) is 8.33. The zero-order valence-electron chi connectivity index (χ0n) is 15.8. The first-order valence-corrected chi connectivity index (χ1v) is 10.1. The van der Waals surface area contributed by atoms with Gasteiger partial charge in [0.05, 0.1) is 0 Å². The number of benzene rings is 2. The van der Waals surface area contributed by atoms with E-state index in [2.05, 4.69) is 11.0 Å². The summed E-state index contributed by atoms with van der Waals surface area (Å²) in [6.07, 6.45) is 1.47. The molecule has 2 heterocycles. The predicted molar refractivity (Wildman–Crippen MR) is 111 cm³/mol. The predicted octanol–water partition coefficient (Wildman–Crippen LogP) is 3.42. The molecule has 2 aromatic rings. The summed E-state index contributed by atoms with van der Waals surface area (Å²) < 4.78 is 0. The largest absolute Gasteiger partial charge is 0.336 e. The highest BCUT2D eigenvalue weighted by molar-refractivity contribution is 6.30. The Kier molecular flexibility index (Phi) is 5.64. The summed E-state index contributed by atoms with van der Waals surface area (Å²) in [5, 5.41) is 0.752. The molecule has 0 unspecified atom stereocenters. The Morgan fingerprint density at radius 1 is 0.964 bits per heavy atom. The normalized spacial score (nSPS) is 18.0. The molecule has 2 fully saturated rings. The van der Waals surface area contributed by atoms with Crippen molar-refractivity contribution in [1.29, 1.82) is 0 Å². The van der Waals surface area contributed by atoms with E-state index in [1.54, 1.807) is 4.90 Å². The zero-order valence-corrected chi connectivity index (χ0v) is 16.6. The molecule has 2 saturated heterocycles. The molecule has 0 atom stereocenters. The van der Waals surface area contributed by atoms with Crippen LogP contribution < -0.4 is 4.90 Å². The quantitative estimate of drug-likeness (QED) is 0.794. The fourth-order valence-electron chi connectivity index (χ4n) is 3.91. The second-order valence-electron chi connectivity index (χ2n) is 7.40. The summed E-state index contributed by atoms with van der Waals surface area (Å²) >= 11 is 6.07. The number of carbonyl (C=O) groups excluding carboxylic acids is 2. The average Bonchev–Trinajstić information content (AvgIpc) is 3.14. The fraction of sp³-hybridized carbons (Fsp3) is 0.364. The molecule has 0 aromatic heterocycles. The maximum absolute atomic E-state index is 12.9. The lowest BCUT2D eigenvalue weighted by atomic mass is 10.1. The molecule has 0 aliphatic carbocycles. The van der Waals surface area contributed by atoms with E-state index in [9.17, 15) is 9.59 Å². The lowest BCUT2D eigenvalue weighted by Gasteiger charge is -2.35. The number of carbonyl (C=O) groups is 2. The second-order valence-corrected chi connectivity index (χ2v) is 7.83. The average molecular weight is 398 g/mol. The van der Waals surface area contributed by atoms with Gasteiger partial charge in [-0.15, -0.1) is 0 Å². The third kappa shape index (κ3) is 4.21. The van der Waals surface area contributed by atoms with E-state index < -0.39 is 0 Å². The summed E-state index contributed by atoms with van der Waals surface area (Å²) in [4.78, 5) is 30.9.